The van der Waals surface area contributed by atoms with Crippen LogP contribution >= 0.6 is 0 Å². The molecule has 0 saturated carbocycles. The number of nitrogens with one attached hydrogen (secondary N) is 1. The molecule has 5 heteroatoms. The van der Waals surface area contributed by atoms with Crippen molar-refractivity contribution in [3.8, 4) is 5.75 Å². The molecule has 2 aliphatic heterocycles. The lowest BCUT2D eigenvalue weighted by molar-refractivity contribution is -0.128. The summed E-state index contributed by atoms with van der Waals surface area (Å²) in [6.45, 7) is 3.72. The van der Waals surface area contributed by atoms with Gasteiger partial charge in [-0.15, -0.1) is 0 Å². The lowest BCUT2D eigenvalue weighted by Crippen LogP contribution is -2.41. The Hall–Kier alpha value is -2.43. The number of rotatable bonds is 3. The fraction of sp³-hybridized carbons (Fsp3) is 0.421. The average Bonchev–Trinajstić information content (AvgIpc) is 2.61. The molecule has 3 rings (SSSR count). The maximum atomic E-state index is 12.8. The Balaban J connectivity index is 1.75. The van der Waals surface area contributed by atoms with Gasteiger partial charge in [-0.1, -0.05) is 6.07 Å². The molecule has 24 heavy (non-hydrogen) atoms. The lowest BCUT2D eigenvalue weighted by atomic mass is 9.87. The summed E-state index contributed by atoms with van der Waals surface area (Å²) < 4.78 is 5.30. The van der Waals surface area contributed by atoms with Gasteiger partial charge in [0.1, 0.15) is 5.75 Å². The second kappa shape index (κ2) is 6.99. The normalized spacial score (nSPS) is 20.5. The molecule has 1 N–H and O–H groups in total. The van der Waals surface area contributed by atoms with Crippen LogP contribution in [0.2, 0.25) is 0 Å². The van der Waals surface area contributed by atoms with Gasteiger partial charge in [-0.2, -0.15) is 0 Å². The van der Waals surface area contributed by atoms with Crippen molar-refractivity contribution in [3.63, 3.8) is 0 Å². The van der Waals surface area contributed by atoms with Crippen LogP contribution in [0.3, 0.4) is 0 Å². The van der Waals surface area contributed by atoms with Crippen LogP contribution in [-0.4, -0.2) is 43.1 Å². The maximum absolute atomic E-state index is 12.8. The summed E-state index contributed by atoms with van der Waals surface area (Å²) in [5.74, 6) is 1.38. The summed E-state index contributed by atoms with van der Waals surface area (Å²) in [5.41, 5.74) is 6.29. The van der Waals surface area contributed by atoms with Gasteiger partial charge in [0.05, 0.1) is 12.7 Å². The van der Waals surface area contributed by atoms with E-state index in [2.05, 4.69) is 24.5 Å². The third-order valence-electron chi connectivity index (χ3n) is 4.75. The Kier molecular flexibility index (Phi) is 4.79. The predicted octanol–water partition coefficient (Wildman–Crippen LogP) is 2.56. The first kappa shape index (κ1) is 16.4. The molecule has 1 atom stereocenters. The number of carbonyl (C=O) groups excluding carboxylic acids is 1. The Bertz CT molecular complexity index is 681. The zero-order valence-corrected chi connectivity index (χ0v) is 14.6. The summed E-state index contributed by atoms with van der Waals surface area (Å²) in [7, 11) is 3.57. The molecule has 2 heterocycles. The van der Waals surface area contributed by atoms with Crippen LogP contribution in [0.4, 0.5) is 0 Å². The Labute approximate surface area is 143 Å². The van der Waals surface area contributed by atoms with Gasteiger partial charge in [0.15, 0.2) is 0 Å². The predicted molar refractivity (Wildman–Crippen MR) is 94.4 cm³/mol. The number of amides is 1. The molecular formula is C19H25N3O2. The number of methoxy groups -OCH3 is 1. The fourth-order valence-electron chi connectivity index (χ4n) is 3.49. The molecule has 0 radical (unpaired) electrons. The Morgan fingerprint density at radius 2 is 2.21 bits per heavy atom. The van der Waals surface area contributed by atoms with Gasteiger partial charge in [-0.3, -0.25) is 9.80 Å². The van der Waals surface area contributed by atoms with Gasteiger partial charge in [0, 0.05) is 38.5 Å². The monoisotopic (exact) mass is 327 g/mol. The van der Waals surface area contributed by atoms with Crippen molar-refractivity contribution in [2.75, 3.05) is 27.2 Å². The van der Waals surface area contributed by atoms with Gasteiger partial charge in [-0.05, 0) is 49.1 Å². The van der Waals surface area contributed by atoms with Crippen LogP contribution in [0.25, 0.3) is 0 Å². The smallest absolute Gasteiger partial charge is 0.255 e. The highest BCUT2D eigenvalue weighted by Gasteiger charge is 2.27. The number of hydrogen-bond acceptors (Lipinski definition) is 4. The van der Waals surface area contributed by atoms with Crippen molar-refractivity contribution < 1.29 is 9.53 Å². The number of likely N-dealkylation sites (tertiary alicyclic amines) is 1. The fourth-order valence-corrected chi connectivity index (χ4v) is 3.49. The van der Waals surface area contributed by atoms with Crippen molar-refractivity contribution in [1.82, 2.24) is 15.3 Å². The van der Waals surface area contributed by atoms with E-state index >= 15 is 0 Å². The van der Waals surface area contributed by atoms with Crippen molar-refractivity contribution >= 4 is 5.91 Å². The van der Waals surface area contributed by atoms with Crippen LogP contribution in [0, 0.1) is 6.92 Å². The molecule has 1 fully saturated rings. The van der Waals surface area contributed by atoms with Crippen LogP contribution in [-0.2, 0) is 4.79 Å². The van der Waals surface area contributed by atoms with Crippen molar-refractivity contribution in [2.24, 2.45) is 0 Å². The van der Waals surface area contributed by atoms with E-state index in [1.165, 1.54) is 11.1 Å². The summed E-state index contributed by atoms with van der Waals surface area (Å²) in [6.07, 6.45) is 7.62. The minimum atomic E-state index is 0.107. The highest BCUT2D eigenvalue weighted by molar-refractivity contribution is 5.96. The number of aryl methyl sites for hydroxylation is 1. The van der Waals surface area contributed by atoms with E-state index < -0.39 is 0 Å². The number of benzene rings is 1. The summed E-state index contributed by atoms with van der Waals surface area (Å²) in [4.78, 5) is 14.8. The van der Waals surface area contributed by atoms with E-state index in [-0.39, 0.29) is 5.91 Å². The van der Waals surface area contributed by atoms with Gasteiger partial charge >= 0.3 is 0 Å². The molecule has 1 aromatic rings. The Morgan fingerprint density at radius 3 is 2.92 bits per heavy atom. The molecule has 1 unspecified atom stereocenters. The third-order valence-corrected chi connectivity index (χ3v) is 4.75. The zero-order chi connectivity index (χ0) is 17.1. The molecular weight excluding hydrogens is 302 g/mol. The first-order valence-corrected chi connectivity index (χ1v) is 8.39. The van der Waals surface area contributed by atoms with Crippen molar-refractivity contribution in [1.29, 1.82) is 0 Å². The molecule has 0 aromatic heterocycles. The summed E-state index contributed by atoms with van der Waals surface area (Å²) in [6, 6.07) is 6.23. The van der Waals surface area contributed by atoms with E-state index in [4.69, 9.17) is 4.74 Å². The molecule has 1 saturated heterocycles. The average molecular weight is 327 g/mol. The first-order chi connectivity index (χ1) is 11.6. The number of carbonyl (C=O) groups is 1. The summed E-state index contributed by atoms with van der Waals surface area (Å²) >= 11 is 0. The molecule has 1 aromatic carbocycles. The van der Waals surface area contributed by atoms with Crippen LogP contribution in [0.1, 0.15) is 29.9 Å². The maximum Gasteiger partial charge on any atom is 0.255 e. The second-order valence-corrected chi connectivity index (χ2v) is 6.47. The van der Waals surface area contributed by atoms with E-state index in [1.807, 2.05) is 30.3 Å². The SMILES string of the molecule is COc1ccc(C2CCCN(C(=O)C3=CN(C)NC=C3)C2)c(C)c1. The number of hydrogen-bond donors (Lipinski definition) is 1. The quantitative estimate of drug-likeness (QED) is 0.927. The molecule has 0 spiro atoms. The van der Waals surface area contributed by atoms with Crippen LogP contribution in [0.5, 0.6) is 5.75 Å². The molecule has 5 nitrogen and oxygen atoms in total. The van der Waals surface area contributed by atoms with Crippen molar-refractivity contribution in [3.05, 3.63) is 53.4 Å². The molecule has 0 bridgehead atoms. The molecule has 1 amide bonds. The van der Waals surface area contributed by atoms with Crippen LogP contribution in [0.15, 0.2) is 42.2 Å². The topological polar surface area (TPSA) is 44.8 Å². The number of piperidine rings is 1. The van der Waals surface area contributed by atoms with E-state index in [0.29, 0.717) is 5.92 Å². The minimum absolute atomic E-state index is 0.107. The molecule has 128 valence electrons. The van der Waals surface area contributed by atoms with Gasteiger partial charge in [0.25, 0.3) is 5.91 Å². The van der Waals surface area contributed by atoms with E-state index in [0.717, 1.165) is 37.3 Å². The largest absolute Gasteiger partial charge is 0.497 e. The highest BCUT2D eigenvalue weighted by Crippen LogP contribution is 2.31. The van der Waals surface area contributed by atoms with Crippen molar-refractivity contribution in [2.45, 2.75) is 25.7 Å². The second-order valence-electron chi connectivity index (χ2n) is 6.47. The highest BCUT2D eigenvalue weighted by atomic mass is 16.5. The van der Waals surface area contributed by atoms with E-state index in [9.17, 15) is 4.79 Å². The first-order valence-electron chi connectivity index (χ1n) is 8.39. The lowest BCUT2D eigenvalue weighted by Gasteiger charge is -2.34. The molecule has 0 aliphatic carbocycles. The third kappa shape index (κ3) is 3.40. The number of nitrogens with zero attached hydrogens (tertiary/aromatic N) is 2. The van der Waals surface area contributed by atoms with Gasteiger partial charge in [0.2, 0.25) is 0 Å². The molecule has 2 aliphatic rings. The number of hydrazine groups is 1. The Morgan fingerprint density at radius 1 is 1.38 bits per heavy atom. The zero-order valence-electron chi connectivity index (χ0n) is 14.6. The number of ether oxygens (including phenoxy) is 1. The van der Waals surface area contributed by atoms with E-state index in [1.54, 1.807) is 18.3 Å². The summed E-state index contributed by atoms with van der Waals surface area (Å²) in [5, 5.41) is 1.79. The van der Waals surface area contributed by atoms with Gasteiger partial charge < -0.3 is 15.1 Å². The van der Waals surface area contributed by atoms with Gasteiger partial charge in [-0.25, -0.2) is 0 Å². The standard InChI is InChI=1S/C19H25N3O2/c1-14-11-17(24-3)6-7-18(14)15-5-4-10-22(13-15)19(23)16-8-9-20-21(2)12-16/h6-9,11-12,15,20H,4-5,10,13H2,1-3H3. The van der Waals surface area contributed by atoms with Crippen LogP contribution < -0.4 is 10.2 Å². The minimum Gasteiger partial charge on any atom is -0.497 e.